The second kappa shape index (κ2) is 10.0. The number of benzene rings is 2. The highest BCUT2D eigenvalue weighted by Gasteiger charge is 2.17. The average Bonchev–Trinajstić information content (AvgIpc) is 2.63. The molecule has 0 aliphatic carbocycles. The van der Waals surface area contributed by atoms with E-state index in [4.69, 9.17) is 4.74 Å². The molecule has 0 bridgehead atoms. The van der Waals surface area contributed by atoms with Crippen LogP contribution in [0.25, 0.3) is 0 Å². The SMILES string of the molecule is CCC(Oc1cccc(C)c1)C(=O)NCCCc1ccc(C(C)C)cc1. The van der Waals surface area contributed by atoms with Gasteiger partial charge in [0.2, 0.25) is 0 Å². The van der Waals surface area contributed by atoms with E-state index in [2.05, 4.69) is 43.4 Å². The molecule has 0 aliphatic rings. The van der Waals surface area contributed by atoms with E-state index in [1.165, 1.54) is 11.1 Å². The number of carbonyl (C=O) groups is 1. The third-order valence-electron chi connectivity index (χ3n) is 4.52. The summed E-state index contributed by atoms with van der Waals surface area (Å²) in [6.07, 6.45) is 2.10. The van der Waals surface area contributed by atoms with E-state index in [1.807, 2.05) is 38.1 Å². The molecule has 0 heterocycles. The van der Waals surface area contributed by atoms with Crippen LogP contribution in [0.2, 0.25) is 0 Å². The largest absolute Gasteiger partial charge is 0.481 e. The third-order valence-corrected chi connectivity index (χ3v) is 4.52. The minimum absolute atomic E-state index is 0.0378. The quantitative estimate of drug-likeness (QED) is 0.643. The summed E-state index contributed by atoms with van der Waals surface area (Å²) in [5.41, 5.74) is 3.80. The maximum absolute atomic E-state index is 12.4. The standard InChI is InChI=1S/C23H31NO2/c1-5-22(26-21-10-6-8-18(4)16-21)23(25)24-15-7-9-19-11-13-20(14-12-19)17(2)3/h6,8,10-14,16-17,22H,5,7,9,15H2,1-4H3,(H,24,25). The molecule has 1 unspecified atom stereocenters. The Morgan fingerprint density at radius 1 is 1.12 bits per heavy atom. The first-order valence-electron chi connectivity index (χ1n) is 9.59. The van der Waals surface area contributed by atoms with Gasteiger partial charge in [0.1, 0.15) is 5.75 Å². The minimum atomic E-state index is -0.442. The van der Waals surface area contributed by atoms with Gasteiger partial charge in [-0.3, -0.25) is 4.79 Å². The Bertz CT molecular complexity index is 692. The molecule has 3 nitrogen and oxygen atoms in total. The number of amides is 1. The van der Waals surface area contributed by atoms with Gasteiger partial charge in [-0.05, 0) is 60.9 Å². The first-order chi connectivity index (χ1) is 12.5. The number of aryl methyl sites for hydroxylation is 2. The lowest BCUT2D eigenvalue weighted by Crippen LogP contribution is -2.38. The normalized spacial score (nSPS) is 12.0. The molecule has 0 aliphatic heterocycles. The summed E-state index contributed by atoms with van der Waals surface area (Å²) in [5, 5.41) is 3.00. The Balaban J connectivity index is 1.76. The number of rotatable bonds is 9. The van der Waals surface area contributed by atoms with Gasteiger partial charge in [-0.15, -0.1) is 0 Å². The van der Waals surface area contributed by atoms with Gasteiger partial charge in [0.05, 0.1) is 0 Å². The van der Waals surface area contributed by atoms with Crippen molar-refractivity contribution in [2.45, 2.75) is 59.0 Å². The predicted molar refractivity (Wildman–Crippen MR) is 108 cm³/mol. The summed E-state index contributed by atoms with van der Waals surface area (Å²) in [6.45, 7) is 9.05. The summed E-state index contributed by atoms with van der Waals surface area (Å²) in [4.78, 5) is 12.4. The van der Waals surface area contributed by atoms with Gasteiger partial charge in [-0.2, -0.15) is 0 Å². The number of carbonyl (C=O) groups excluding carboxylic acids is 1. The van der Waals surface area contributed by atoms with E-state index in [0.717, 1.165) is 24.2 Å². The van der Waals surface area contributed by atoms with Crippen molar-refractivity contribution < 1.29 is 9.53 Å². The van der Waals surface area contributed by atoms with Crippen molar-refractivity contribution in [3.05, 3.63) is 65.2 Å². The number of nitrogens with one attached hydrogen (secondary N) is 1. The van der Waals surface area contributed by atoms with Crippen molar-refractivity contribution in [2.24, 2.45) is 0 Å². The Morgan fingerprint density at radius 2 is 1.85 bits per heavy atom. The molecule has 0 fully saturated rings. The topological polar surface area (TPSA) is 38.3 Å². The summed E-state index contributed by atoms with van der Waals surface area (Å²) in [5.74, 6) is 1.27. The molecule has 0 spiro atoms. The van der Waals surface area contributed by atoms with E-state index >= 15 is 0 Å². The van der Waals surface area contributed by atoms with E-state index in [-0.39, 0.29) is 5.91 Å². The fourth-order valence-electron chi connectivity index (χ4n) is 2.86. The fraction of sp³-hybridized carbons (Fsp3) is 0.435. The van der Waals surface area contributed by atoms with Gasteiger partial charge >= 0.3 is 0 Å². The van der Waals surface area contributed by atoms with E-state index < -0.39 is 6.10 Å². The van der Waals surface area contributed by atoms with Crippen molar-refractivity contribution in [2.75, 3.05) is 6.54 Å². The highest BCUT2D eigenvalue weighted by atomic mass is 16.5. The van der Waals surface area contributed by atoms with Crippen LogP contribution in [0.1, 0.15) is 56.2 Å². The molecule has 1 atom stereocenters. The lowest BCUT2D eigenvalue weighted by Gasteiger charge is -2.17. The van der Waals surface area contributed by atoms with Crippen molar-refractivity contribution in [1.29, 1.82) is 0 Å². The zero-order valence-corrected chi connectivity index (χ0v) is 16.4. The van der Waals surface area contributed by atoms with Crippen LogP contribution >= 0.6 is 0 Å². The van der Waals surface area contributed by atoms with Crippen LogP contribution < -0.4 is 10.1 Å². The summed E-state index contributed by atoms with van der Waals surface area (Å²) < 4.78 is 5.85. The molecular formula is C23H31NO2. The van der Waals surface area contributed by atoms with Crippen molar-refractivity contribution in [1.82, 2.24) is 5.32 Å². The second-order valence-electron chi connectivity index (χ2n) is 7.12. The van der Waals surface area contributed by atoms with Gasteiger partial charge in [0, 0.05) is 6.54 Å². The van der Waals surface area contributed by atoms with Gasteiger partial charge in [-0.25, -0.2) is 0 Å². The molecule has 2 aromatic carbocycles. The molecule has 1 amide bonds. The second-order valence-corrected chi connectivity index (χ2v) is 7.12. The summed E-state index contributed by atoms with van der Waals surface area (Å²) in [7, 11) is 0. The minimum Gasteiger partial charge on any atom is -0.481 e. The van der Waals surface area contributed by atoms with Crippen LogP contribution in [0.5, 0.6) is 5.75 Å². The van der Waals surface area contributed by atoms with Gasteiger partial charge in [-0.1, -0.05) is 57.2 Å². The molecular weight excluding hydrogens is 322 g/mol. The van der Waals surface area contributed by atoms with E-state index in [1.54, 1.807) is 0 Å². The molecule has 140 valence electrons. The Morgan fingerprint density at radius 3 is 2.46 bits per heavy atom. The van der Waals surface area contributed by atoms with E-state index in [0.29, 0.717) is 18.9 Å². The monoisotopic (exact) mass is 353 g/mol. The average molecular weight is 354 g/mol. The van der Waals surface area contributed by atoms with Crippen molar-refractivity contribution >= 4 is 5.91 Å². The zero-order valence-electron chi connectivity index (χ0n) is 16.4. The molecule has 1 N–H and O–H groups in total. The number of hydrogen-bond donors (Lipinski definition) is 1. The molecule has 0 radical (unpaired) electrons. The summed E-state index contributed by atoms with van der Waals surface area (Å²) in [6, 6.07) is 16.6. The molecule has 26 heavy (non-hydrogen) atoms. The smallest absolute Gasteiger partial charge is 0.261 e. The zero-order chi connectivity index (χ0) is 18.9. The third kappa shape index (κ3) is 6.21. The van der Waals surface area contributed by atoms with E-state index in [9.17, 15) is 4.79 Å². The van der Waals surface area contributed by atoms with Crippen LogP contribution in [-0.4, -0.2) is 18.6 Å². The first kappa shape index (κ1) is 20.0. The lowest BCUT2D eigenvalue weighted by molar-refractivity contribution is -0.128. The molecule has 0 saturated heterocycles. The lowest BCUT2D eigenvalue weighted by atomic mass is 10.0. The number of hydrogen-bond acceptors (Lipinski definition) is 2. The molecule has 2 rings (SSSR count). The number of ether oxygens (including phenoxy) is 1. The maximum atomic E-state index is 12.4. The van der Waals surface area contributed by atoms with Gasteiger partial charge in [0.15, 0.2) is 6.10 Å². The van der Waals surface area contributed by atoms with Crippen LogP contribution in [0, 0.1) is 6.92 Å². The first-order valence-corrected chi connectivity index (χ1v) is 9.59. The molecule has 0 saturated carbocycles. The van der Waals surface area contributed by atoms with Crippen molar-refractivity contribution in [3.8, 4) is 5.75 Å². The van der Waals surface area contributed by atoms with Crippen LogP contribution in [0.4, 0.5) is 0 Å². The van der Waals surface area contributed by atoms with Crippen molar-refractivity contribution in [3.63, 3.8) is 0 Å². The molecule has 2 aromatic rings. The molecule has 0 aromatic heterocycles. The summed E-state index contributed by atoms with van der Waals surface area (Å²) >= 11 is 0. The molecule has 3 heteroatoms. The van der Waals surface area contributed by atoms with Crippen LogP contribution in [-0.2, 0) is 11.2 Å². The fourth-order valence-corrected chi connectivity index (χ4v) is 2.86. The van der Waals surface area contributed by atoms with Crippen LogP contribution in [0.15, 0.2) is 48.5 Å². The Kier molecular flexibility index (Phi) is 7.71. The van der Waals surface area contributed by atoms with Gasteiger partial charge < -0.3 is 10.1 Å². The predicted octanol–water partition coefficient (Wildman–Crippen LogP) is 5.02. The highest BCUT2D eigenvalue weighted by molar-refractivity contribution is 5.81. The Labute approximate surface area is 157 Å². The van der Waals surface area contributed by atoms with Gasteiger partial charge in [0.25, 0.3) is 5.91 Å². The van der Waals surface area contributed by atoms with Crippen LogP contribution in [0.3, 0.4) is 0 Å². The Hall–Kier alpha value is -2.29. The maximum Gasteiger partial charge on any atom is 0.261 e. The highest BCUT2D eigenvalue weighted by Crippen LogP contribution is 2.16.